The number of aliphatic hydroxyl groups excluding tert-OH is 1. The van der Waals surface area contributed by atoms with Gasteiger partial charge in [0.05, 0.1) is 19.2 Å². The van der Waals surface area contributed by atoms with Gasteiger partial charge in [-0.25, -0.2) is 0 Å². The van der Waals surface area contributed by atoms with E-state index in [1.165, 1.54) is 0 Å². The van der Waals surface area contributed by atoms with Crippen LogP contribution in [0.2, 0.25) is 0 Å². The van der Waals surface area contributed by atoms with E-state index in [1.807, 2.05) is 63.5 Å². The first-order valence-corrected chi connectivity index (χ1v) is 10.8. The van der Waals surface area contributed by atoms with Crippen molar-refractivity contribution in [2.45, 2.75) is 32.4 Å². The van der Waals surface area contributed by atoms with E-state index in [1.54, 1.807) is 4.90 Å². The number of furan rings is 1. The van der Waals surface area contributed by atoms with Crippen LogP contribution in [0.15, 0.2) is 46.9 Å². The quantitative estimate of drug-likeness (QED) is 0.685. The number of rotatable bonds is 9. The van der Waals surface area contributed by atoms with Gasteiger partial charge in [0, 0.05) is 20.1 Å². The molecule has 164 valence electrons. The zero-order chi connectivity index (χ0) is 21.5. The lowest BCUT2D eigenvalue weighted by Gasteiger charge is -2.35. The number of hydrogen-bond acceptors (Lipinski definition) is 5. The number of carbonyl (C=O) groups is 1. The van der Waals surface area contributed by atoms with Gasteiger partial charge in [-0.3, -0.25) is 9.69 Å². The zero-order valence-electron chi connectivity index (χ0n) is 18.5. The number of carbonyl (C=O) groups excluding carboxylic acids is 1. The molecular weight excluding hydrogens is 378 g/mol. The number of nitrogens with zero attached hydrogens (tertiary/aromatic N) is 3. The molecule has 1 aliphatic heterocycles. The van der Waals surface area contributed by atoms with Crippen LogP contribution in [0, 0.1) is 12.8 Å². The highest BCUT2D eigenvalue weighted by molar-refractivity contribution is 5.77. The van der Waals surface area contributed by atoms with Crippen LogP contribution < -0.4 is 0 Å². The number of likely N-dealkylation sites (N-methyl/N-ethyl adjacent to an activating group) is 2. The third-order valence-electron chi connectivity index (χ3n) is 5.91. The molecular formula is C24H35N3O3. The molecule has 1 aromatic carbocycles. The summed E-state index contributed by atoms with van der Waals surface area (Å²) in [6, 6.07) is 13.7. The molecule has 6 heteroatoms. The molecule has 1 saturated heterocycles. The molecule has 3 rings (SSSR count). The van der Waals surface area contributed by atoms with Gasteiger partial charge in [0.25, 0.3) is 0 Å². The maximum Gasteiger partial charge on any atom is 0.236 e. The standard InChI is InChI=1S/C24H35N3O3/c1-19-9-10-22(30-19)16-26(3)24(29)18-25(2)15-20-11-13-27(14-12-20)17-23(28)21-7-5-4-6-8-21/h4-10,20,23,28H,11-18H2,1-3H3. The van der Waals surface area contributed by atoms with Gasteiger partial charge in [-0.1, -0.05) is 30.3 Å². The van der Waals surface area contributed by atoms with Crippen LogP contribution in [0.5, 0.6) is 0 Å². The summed E-state index contributed by atoms with van der Waals surface area (Å²) in [6.45, 7) is 6.43. The third-order valence-corrected chi connectivity index (χ3v) is 5.91. The number of hydrogen-bond donors (Lipinski definition) is 1. The molecule has 1 unspecified atom stereocenters. The fraction of sp³-hybridized carbons (Fsp3) is 0.542. The Kier molecular flexibility index (Phi) is 8.08. The summed E-state index contributed by atoms with van der Waals surface area (Å²) in [5, 5.41) is 10.4. The van der Waals surface area contributed by atoms with E-state index in [2.05, 4.69) is 9.80 Å². The Morgan fingerprint density at radius 2 is 1.87 bits per heavy atom. The molecule has 0 saturated carbocycles. The van der Waals surface area contributed by atoms with Gasteiger partial charge >= 0.3 is 0 Å². The first-order valence-electron chi connectivity index (χ1n) is 10.8. The second kappa shape index (κ2) is 10.8. The average Bonchev–Trinajstić information content (AvgIpc) is 3.14. The van der Waals surface area contributed by atoms with Crippen LogP contribution in [-0.4, -0.2) is 72.5 Å². The summed E-state index contributed by atoms with van der Waals surface area (Å²) in [5.41, 5.74) is 0.978. The highest BCUT2D eigenvalue weighted by Crippen LogP contribution is 2.21. The fourth-order valence-electron chi connectivity index (χ4n) is 4.13. The van der Waals surface area contributed by atoms with Gasteiger partial charge in [-0.2, -0.15) is 0 Å². The summed E-state index contributed by atoms with van der Waals surface area (Å²) < 4.78 is 5.57. The van der Waals surface area contributed by atoms with E-state index < -0.39 is 6.10 Å². The van der Waals surface area contributed by atoms with Crippen LogP contribution in [0.3, 0.4) is 0 Å². The number of aliphatic hydroxyl groups is 1. The van der Waals surface area contributed by atoms with Crippen LogP contribution in [-0.2, 0) is 11.3 Å². The number of benzene rings is 1. The second-order valence-electron chi connectivity index (χ2n) is 8.63. The molecule has 1 aliphatic rings. The minimum Gasteiger partial charge on any atom is -0.464 e. The van der Waals surface area contributed by atoms with E-state index in [4.69, 9.17) is 4.42 Å². The summed E-state index contributed by atoms with van der Waals surface area (Å²) in [5.74, 6) is 2.38. The first kappa shape index (κ1) is 22.5. The van der Waals surface area contributed by atoms with Crippen molar-refractivity contribution < 1.29 is 14.3 Å². The van der Waals surface area contributed by atoms with E-state index in [9.17, 15) is 9.90 Å². The molecule has 0 bridgehead atoms. The molecule has 0 spiro atoms. The lowest BCUT2D eigenvalue weighted by atomic mass is 9.95. The lowest BCUT2D eigenvalue weighted by Crippen LogP contribution is -2.42. The van der Waals surface area contributed by atoms with Crippen molar-refractivity contribution in [1.29, 1.82) is 0 Å². The second-order valence-corrected chi connectivity index (χ2v) is 8.63. The summed E-state index contributed by atoms with van der Waals surface area (Å²) in [7, 11) is 3.85. The van der Waals surface area contributed by atoms with Gasteiger partial charge in [0.2, 0.25) is 5.91 Å². The van der Waals surface area contributed by atoms with Crippen molar-refractivity contribution in [2.24, 2.45) is 5.92 Å². The average molecular weight is 414 g/mol. The minimum absolute atomic E-state index is 0.106. The van der Waals surface area contributed by atoms with Crippen molar-refractivity contribution in [3.8, 4) is 0 Å². The molecule has 2 heterocycles. The van der Waals surface area contributed by atoms with Crippen molar-refractivity contribution in [3.63, 3.8) is 0 Å². The van der Waals surface area contributed by atoms with Gasteiger partial charge in [0.1, 0.15) is 11.5 Å². The largest absolute Gasteiger partial charge is 0.464 e. The third kappa shape index (κ3) is 6.69. The lowest BCUT2D eigenvalue weighted by molar-refractivity contribution is -0.131. The van der Waals surface area contributed by atoms with Gasteiger partial charge < -0.3 is 19.3 Å². The predicted molar refractivity (Wildman–Crippen MR) is 118 cm³/mol. The first-order chi connectivity index (χ1) is 14.4. The zero-order valence-corrected chi connectivity index (χ0v) is 18.5. The maximum atomic E-state index is 12.5. The number of likely N-dealkylation sites (tertiary alicyclic amines) is 1. The molecule has 0 aliphatic carbocycles. The Balaban J connectivity index is 1.36. The van der Waals surface area contributed by atoms with E-state index >= 15 is 0 Å². The van der Waals surface area contributed by atoms with Crippen LogP contribution in [0.25, 0.3) is 0 Å². The summed E-state index contributed by atoms with van der Waals surface area (Å²) in [4.78, 5) is 18.7. The maximum absolute atomic E-state index is 12.5. The van der Waals surface area contributed by atoms with Crippen molar-refractivity contribution in [3.05, 3.63) is 59.5 Å². The highest BCUT2D eigenvalue weighted by atomic mass is 16.3. The monoisotopic (exact) mass is 413 g/mol. The molecule has 1 aromatic heterocycles. The van der Waals surface area contributed by atoms with E-state index in [0.717, 1.165) is 49.6 Å². The van der Waals surface area contributed by atoms with Crippen LogP contribution in [0.1, 0.15) is 36.0 Å². The number of aryl methyl sites for hydroxylation is 1. The van der Waals surface area contributed by atoms with E-state index in [0.29, 0.717) is 25.6 Å². The highest BCUT2D eigenvalue weighted by Gasteiger charge is 2.23. The topological polar surface area (TPSA) is 60.2 Å². The summed E-state index contributed by atoms with van der Waals surface area (Å²) >= 11 is 0. The Morgan fingerprint density at radius 1 is 1.17 bits per heavy atom. The van der Waals surface area contributed by atoms with Crippen molar-refractivity contribution in [1.82, 2.24) is 14.7 Å². The molecule has 6 nitrogen and oxygen atoms in total. The predicted octanol–water partition coefficient (Wildman–Crippen LogP) is 2.92. The van der Waals surface area contributed by atoms with Crippen LogP contribution in [0.4, 0.5) is 0 Å². The van der Waals surface area contributed by atoms with Crippen molar-refractivity contribution >= 4 is 5.91 Å². The molecule has 1 amide bonds. The summed E-state index contributed by atoms with van der Waals surface area (Å²) in [6.07, 6.45) is 1.76. The Bertz CT molecular complexity index is 784. The normalized spacial score (nSPS) is 16.7. The van der Waals surface area contributed by atoms with Crippen molar-refractivity contribution in [2.75, 3.05) is 46.8 Å². The van der Waals surface area contributed by atoms with Gasteiger partial charge in [-0.15, -0.1) is 0 Å². The molecule has 30 heavy (non-hydrogen) atoms. The molecule has 1 fully saturated rings. The Hall–Kier alpha value is -2.15. The van der Waals surface area contributed by atoms with Crippen LogP contribution >= 0.6 is 0 Å². The smallest absolute Gasteiger partial charge is 0.236 e. The minimum atomic E-state index is -0.434. The number of amides is 1. The Morgan fingerprint density at radius 3 is 2.50 bits per heavy atom. The number of β-amino-alcohol motifs (C(OH)–C–C–N with tert-alkyl or cyclic N) is 1. The molecule has 1 atom stereocenters. The molecule has 2 aromatic rings. The molecule has 1 N–H and O–H groups in total. The van der Waals surface area contributed by atoms with Gasteiger partial charge in [0.15, 0.2) is 0 Å². The Labute approximate surface area is 180 Å². The fourth-order valence-corrected chi connectivity index (χ4v) is 4.13. The SMILES string of the molecule is Cc1ccc(CN(C)C(=O)CN(C)CC2CCN(CC(O)c3ccccc3)CC2)o1. The van der Waals surface area contributed by atoms with E-state index in [-0.39, 0.29) is 5.91 Å². The number of piperidine rings is 1. The molecule has 0 radical (unpaired) electrons. The van der Waals surface area contributed by atoms with Gasteiger partial charge in [-0.05, 0) is 63.5 Å².